The number of likely N-dealkylation sites (tertiary alicyclic amines) is 1. The van der Waals surface area contributed by atoms with E-state index in [1.807, 2.05) is 47.4 Å². The lowest BCUT2D eigenvalue weighted by Crippen LogP contribution is -2.39. The van der Waals surface area contributed by atoms with Crippen molar-refractivity contribution in [2.24, 2.45) is 10.8 Å². The third-order valence-corrected chi connectivity index (χ3v) is 7.39. The van der Waals surface area contributed by atoms with E-state index in [0.717, 1.165) is 37.1 Å². The number of carbonyl (C=O) groups is 2. The minimum absolute atomic E-state index is 0.130. The SMILES string of the molecule is CC1(C)CC2CC(C)(CN2C(=O)COC(=O)c2cn(-c3ccccc3)nc2-c2ccc(Cl)cc2)C1. The Bertz CT molecular complexity index is 1250. The number of hydrogen-bond donors (Lipinski definition) is 0. The normalized spacial score (nSPS) is 22.7. The molecule has 2 atom stereocenters. The number of fused-ring (bicyclic) bond motifs is 2. The molecule has 2 bridgehead atoms. The van der Waals surface area contributed by atoms with Crippen LogP contribution in [0.15, 0.2) is 60.8 Å². The van der Waals surface area contributed by atoms with Crippen LogP contribution in [-0.4, -0.2) is 45.8 Å². The minimum atomic E-state index is -0.570. The molecule has 182 valence electrons. The predicted molar refractivity (Wildman–Crippen MR) is 136 cm³/mol. The van der Waals surface area contributed by atoms with E-state index >= 15 is 0 Å². The van der Waals surface area contributed by atoms with Gasteiger partial charge in [-0.3, -0.25) is 4.79 Å². The zero-order chi connectivity index (χ0) is 24.8. The summed E-state index contributed by atoms with van der Waals surface area (Å²) >= 11 is 6.06. The molecule has 7 heteroatoms. The highest BCUT2D eigenvalue weighted by atomic mass is 35.5. The van der Waals surface area contributed by atoms with Crippen LogP contribution in [0, 0.1) is 10.8 Å². The molecule has 1 saturated carbocycles. The molecule has 0 spiro atoms. The van der Waals surface area contributed by atoms with Crippen molar-refractivity contribution in [3.8, 4) is 16.9 Å². The third kappa shape index (κ3) is 4.85. The first-order valence-corrected chi connectivity index (χ1v) is 12.4. The number of carbonyl (C=O) groups excluding carboxylic acids is 2. The van der Waals surface area contributed by atoms with Crippen molar-refractivity contribution in [1.29, 1.82) is 0 Å². The van der Waals surface area contributed by atoms with Gasteiger partial charge < -0.3 is 9.64 Å². The van der Waals surface area contributed by atoms with Gasteiger partial charge in [0, 0.05) is 29.4 Å². The van der Waals surface area contributed by atoms with E-state index in [-0.39, 0.29) is 29.4 Å². The standard InChI is InChI=1S/C28H30ClN3O3/c1-27(2)13-22-14-28(3,17-27)18-31(22)24(33)16-35-26(34)23-15-32(21-7-5-4-6-8-21)30-25(23)19-9-11-20(29)12-10-19/h4-12,15,22H,13-14,16-18H2,1-3H3. The van der Waals surface area contributed by atoms with Crippen molar-refractivity contribution >= 4 is 23.5 Å². The fourth-order valence-corrected chi connectivity index (χ4v) is 6.22. The predicted octanol–water partition coefficient (Wildman–Crippen LogP) is 5.78. The Balaban J connectivity index is 1.36. The number of amides is 1. The van der Waals surface area contributed by atoms with Gasteiger partial charge in [0.15, 0.2) is 6.61 Å². The molecule has 2 fully saturated rings. The second kappa shape index (κ2) is 8.83. The summed E-state index contributed by atoms with van der Waals surface area (Å²) in [7, 11) is 0. The molecule has 1 aliphatic heterocycles. The third-order valence-electron chi connectivity index (χ3n) is 7.13. The smallest absolute Gasteiger partial charge is 0.342 e. The molecule has 0 N–H and O–H groups in total. The van der Waals surface area contributed by atoms with E-state index in [4.69, 9.17) is 16.3 Å². The molecule has 35 heavy (non-hydrogen) atoms. The van der Waals surface area contributed by atoms with Crippen LogP contribution in [0.1, 0.15) is 50.4 Å². The van der Waals surface area contributed by atoms with Crippen LogP contribution in [0.25, 0.3) is 16.9 Å². The number of esters is 1. The highest BCUT2D eigenvalue weighted by Crippen LogP contribution is 2.52. The zero-order valence-corrected chi connectivity index (χ0v) is 21.1. The minimum Gasteiger partial charge on any atom is -0.452 e. The quantitative estimate of drug-likeness (QED) is 0.424. The highest BCUT2D eigenvalue weighted by molar-refractivity contribution is 6.30. The van der Waals surface area contributed by atoms with Gasteiger partial charge in [-0.2, -0.15) is 5.10 Å². The van der Waals surface area contributed by atoms with Gasteiger partial charge in [0.25, 0.3) is 5.91 Å². The number of para-hydroxylation sites is 1. The van der Waals surface area contributed by atoms with E-state index in [2.05, 4.69) is 25.9 Å². The summed E-state index contributed by atoms with van der Waals surface area (Å²) in [6.45, 7) is 7.25. The summed E-state index contributed by atoms with van der Waals surface area (Å²) in [6, 6.07) is 16.9. The van der Waals surface area contributed by atoms with Gasteiger partial charge in [0.2, 0.25) is 0 Å². The van der Waals surface area contributed by atoms with Gasteiger partial charge in [-0.25, -0.2) is 9.48 Å². The van der Waals surface area contributed by atoms with E-state index < -0.39 is 5.97 Å². The molecule has 1 aromatic heterocycles. The maximum absolute atomic E-state index is 13.2. The second-order valence-corrected chi connectivity index (χ2v) is 11.4. The summed E-state index contributed by atoms with van der Waals surface area (Å²) in [5.41, 5.74) is 2.68. The van der Waals surface area contributed by atoms with Gasteiger partial charge in [-0.05, 0) is 54.4 Å². The Hall–Kier alpha value is -3.12. The first kappa shape index (κ1) is 23.6. The van der Waals surface area contributed by atoms with Gasteiger partial charge in [-0.15, -0.1) is 0 Å². The molecule has 5 rings (SSSR count). The fourth-order valence-electron chi connectivity index (χ4n) is 6.10. The number of nitrogens with zero attached hydrogens (tertiary/aromatic N) is 3. The van der Waals surface area contributed by atoms with Crippen molar-refractivity contribution in [2.75, 3.05) is 13.2 Å². The average molecular weight is 492 g/mol. The van der Waals surface area contributed by atoms with Crippen molar-refractivity contribution in [2.45, 2.75) is 46.1 Å². The van der Waals surface area contributed by atoms with E-state index in [1.165, 1.54) is 0 Å². The van der Waals surface area contributed by atoms with Crippen molar-refractivity contribution in [3.63, 3.8) is 0 Å². The lowest BCUT2D eigenvalue weighted by Gasteiger charge is -2.39. The second-order valence-electron chi connectivity index (χ2n) is 11.0. The fraction of sp³-hybridized carbons (Fsp3) is 0.393. The summed E-state index contributed by atoms with van der Waals surface area (Å²) in [4.78, 5) is 28.2. The maximum atomic E-state index is 13.2. The number of aromatic nitrogens is 2. The Morgan fingerprint density at radius 3 is 2.49 bits per heavy atom. The molecule has 2 heterocycles. The average Bonchev–Trinajstić information content (AvgIpc) is 3.36. The first-order chi connectivity index (χ1) is 16.6. The van der Waals surface area contributed by atoms with Gasteiger partial charge in [0.1, 0.15) is 11.3 Å². The van der Waals surface area contributed by atoms with Crippen LogP contribution in [0.3, 0.4) is 0 Å². The van der Waals surface area contributed by atoms with Crippen LogP contribution in [-0.2, 0) is 9.53 Å². The van der Waals surface area contributed by atoms with Crippen molar-refractivity contribution in [1.82, 2.24) is 14.7 Å². The van der Waals surface area contributed by atoms with Crippen LogP contribution in [0.2, 0.25) is 5.02 Å². The molecule has 6 nitrogen and oxygen atoms in total. The van der Waals surface area contributed by atoms with Crippen molar-refractivity contribution in [3.05, 3.63) is 71.4 Å². The number of hydrogen-bond acceptors (Lipinski definition) is 4. The molecule has 1 amide bonds. The molecule has 2 aliphatic rings. The van der Waals surface area contributed by atoms with Gasteiger partial charge in [0.05, 0.1) is 5.69 Å². The van der Waals surface area contributed by atoms with E-state index in [0.29, 0.717) is 16.3 Å². The Morgan fingerprint density at radius 1 is 1.06 bits per heavy atom. The lowest BCUT2D eigenvalue weighted by molar-refractivity contribution is -0.135. The monoisotopic (exact) mass is 491 g/mol. The molecular weight excluding hydrogens is 462 g/mol. The Labute approximate surface area is 210 Å². The Morgan fingerprint density at radius 2 is 1.77 bits per heavy atom. The molecule has 2 aromatic carbocycles. The lowest BCUT2D eigenvalue weighted by atomic mass is 9.65. The Kier molecular flexibility index (Phi) is 5.96. The molecule has 1 aliphatic carbocycles. The summed E-state index contributed by atoms with van der Waals surface area (Å²) in [5, 5.41) is 5.25. The van der Waals surface area contributed by atoms with Crippen LogP contribution in [0.4, 0.5) is 0 Å². The van der Waals surface area contributed by atoms with Crippen molar-refractivity contribution < 1.29 is 14.3 Å². The largest absolute Gasteiger partial charge is 0.452 e. The molecule has 2 unspecified atom stereocenters. The van der Waals surface area contributed by atoms with Crippen LogP contribution in [0.5, 0.6) is 0 Å². The van der Waals surface area contributed by atoms with Crippen LogP contribution >= 0.6 is 11.6 Å². The molecule has 3 aromatic rings. The summed E-state index contributed by atoms with van der Waals surface area (Å²) < 4.78 is 7.21. The van der Waals surface area contributed by atoms with Gasteiger partial charge >= 0.3 is 5.97 Å². The summed E-state index contributed by atoms with van der Waals surface area (Å²) in [5.74, 6) is -0.701. The first-order valence-electron chi connectivity index (χ1n) is 12.0. The molecular formula is C28H30ClN3O3. The van der Waals surface area contributed by atoms with Crippen LogP contribution < -0.4 is 0 Å². The number of ether oxygens (including phenoxy) is 1. The topological polar surface area (TPSA) is 64.4 Å². The number of halogens is 1. The maximum Gasteiger partial charge on any atom is 0.342 e. The highest BCUT2D eigenvalue weighted by Gasteiger charge is 2.51. The number of benzene rings is 2. The summed E-state index contributed by atoms with van der Waals surface area (Å²) in [6.07, 6.45) is 4.75. The molecule has 0 radical (unpaired) electrons. The van der Waals surface area contributed by atoms with E-state index in [1.54, 1.807) is 23.0 Å². The molecule has 1 saturated heterocycles. The zero-order valence-electron chi connectivity index (χ0n) is 20.3. The van der Waals surface area contributed by atoms with Gasteiger partial charge in [-0.1, -0.05) is 62.7 Å². The number of rotatable bonds is 5. The van der Waals surface area contributed by atoms with E-state index in [9.17, 15) is 9.59 Å².